The summed E-state index contributed by atoms with van der Waals surface area (Å²) in [5.41, 5.74) is 2.12. The van der Waals surface area contributed by atoms with Gasteiger partial charge in [-0.2, -0.15) is 0 Å². The van der Waals surface area contributed by atoms with Crippen molar-refractivity contribution in [1.82, 2.24) is 10.2 Å². The first-order valence-electron chi connectivity index (χ1n) is 9.30. The lowest BCUT2D eigenvalue weighted by Crippen LogP contribution is -2.35. The van der Waals surface area contributed by atoms with Gasteiger partial charge in [0.2, 0.25) is 11.8 Å². The van der Waals surface area contributed by atoms with Crippen LogP contribution in [0, 0.1) is 0 Å². The second-order valence-corrected chi connectivity index (χ2v) is 6.48. The minimum atomic E-state index is -0.0773. The molecule has 0 aliphatic heterocycles. The zero-order valence-electron chi connectivity index (χ0n) is 16.7. The van der Waals surface area contributed by atoms with Crippen molar-refractivity contribution in [3.8, 4) is 11.5 Å². The Kier molecular flexibility index (Phi) is 8.34. The SMILES string of the molecule is COc1ccc(CCN(CCC(=O)NCc2ccc(OC)cc2)C(C)=O)cc1. The van der Waals surface area contributed by atoms with Crippen LogP contribution in [-0.4, -0.2) is 44.0 Å². The maximum Gasteiger partial charge on any atom is 0.222 e. The lowest BCUT2D eigenvalue weighted by Gasteiger charge is -2.21. The fourth-order valence-corrected chi connectivity index (χ4v) is 2.75. The molecule has 0 unspecified atom stereocenters. The Bertz CT molecular complexity index is 757. The Morgan fingerprint density at radius 3 is 1.89 bits per heavy atom. The number of benzene rings is 2. The highest BCUT2D eigenvalue weighted by Crippen LogP contribution is 2.13. The monoisotopic (exact) mass is 384 g/mol. The maximum absolute atomic E-state index is 12.1. The minimum Gasteiger partial charge on any atom is -0.497 e. The van der Waals surface area contributed by atoms with Gasteiger partial charge < -0.3 is 19.7 Å². The lowest BCUT2D eigenvalue weighted by atomic mass is 10.1. The molecule has 2 aromatic carbocycles. The molecule has 0 spiro atoms. The van der Waals surface area contributed by atoms with Gasteiger partial charge in [-0.15, -0.1) is 0 Å². The summed E-state index contributed by atoms with van der Waals surface area (Å²) in [4.78, 5) is 25.7. The summed E-state index contributed by atoms with van der Waals surface area (Å²) < 4.78 is 10.3. The van der Waals surface area contributed by atoms with Gasteiger partial charge in [0.15, 0.2) is 0 Å². The van der Waals surface area contributed by atoms with Gasteiger partial charge in [-0.05, 0) is 41.8 Å². The van der Waals surface area contributed by atoms with E-state index >= 15 is 0 Å². The maximum atomic E-state index is 12.1. The molecule has 6 nitrogen and oxygen atoms in total. The van der Waals surface area contributed by atoms with E-state index in [1.165, 1.54) is 6.92 Å². The van der Waals surface area contributed by atoms with Crippen LogP contribution in [0.1, 0.15) is 24.5 Å². The molecule has 0 fully saturated rings. The third-order valence-electron chi connectivity index (χ3n) is 4.53. The lowest BCUT2D eigenvalue weighted by molar-refractivity contribution is -0.129. The van der Waals surface area contributed by atoms with E-state index in [2.05, 4.69) is 5.32 Å². The van der Waals surface area contributed by atoms with E-state index in [0.717, 1.165) is 29.0 Å². The van der Waals surface area contributed by atoms with Crippen molar-refractivity contribution in [1.29, 1.82) is 0 Å². The van der Waals surface area contributed by atoms with Gasteiger partial charge in [-0.1, -0.05) is 24.3 Å². The van der Waals surface area contributed by atoms with Crippen LogP contribution in [0.25, 0.3) is 0 Å². The third-order valence-corrected chi connectivity index (χ3v) is 4.53. The van der Waals surface area contributed by atoms with Crippen LogP contribution in [0.4, 0.5) is 0 Å². The summed E-state index contributed by atoms with van der Waals surface area (Å²) in [6.45, 7) is 2.96. The third kappa shape index (κ3) is 6.95. The van der Waals surface area contributed by atoms with Gasteiger partial charge in [-0.25, -0.2) is 0 Å². The molecule has 0 saturated carbocycles. The minimum absolute atomic E-state index is 0.0310. The van der Waals surface area contributed by atoms with Gasteiger partial charge >= 0.3 is 0 Å². The first kappa shape index (κ1) is 21.3. The van der Waals surface area contributed by atoms with Crippen molar-refractivity contribution in [2.45, 2.75) is 26.3 Å². The number of ether oxygens (including phenoxy) is 2. The standard InChI is InChI=1S/C22H28N2O4/c1-17(25)24(14-12-18-4-8-20(27-2)9-5-18)15-13-22(26)23-16-19-6-10-21(28-3)11-7-19/h4-11H,12-16H2,1-3H3,(H,23,26). The molecule has 2 aromatic rings. The molecule has 0 aromatic heterocycles. The summed E-state index contributed by atoms with van der Waals surface area (Å²) in [6.07, 6.45) is 1.01. The summed E-state index contributed by atoms with van der Waals surface area (Å²) in [6, 6.07) is 15.3. The number of amides is 2. The number of carbonyl (C=O) groups is 2. The van der Waals surface area contributed by atoms with Gasteiger partial charge in [0, 0.05) is 33.0 Å². The molecule has 0 atom stereocenters. The van der Waals surface area contributed by atoms with Crippen molar-refractivity contribution < 1.29 is 19.1 Å². The Labute approximate surface area is 166 Å². The van der Waals surface area contributed by atoms with Gasteiger partial charge in [0.1, 0.15) is 11.5 Å². The van der Waals surface area contributed by atoms with E-state index in [0.29, 0.717) is 19.6 Å². The van der Waals surface area contributed by atoms with Crippen LogP contribution in [0.2, 0.25) is 0 Å². The predicted molar refractivity (Wildman–Crippen MR) is 108 cm³/mol. The molecule has 0 aliphatic rings. The fourth-order valence-electron chi connectivity index (χ4n) is 2.75. The first-order valence-corrected chi connectivity index (χ1v) is 9.30. The number of methoxy groups -OCH3 is 2. The van der Waals surface area contributed by atoms with E-state index in [1.807, 2.05) is 48.5 Å². The van der Waals surface area contributed by atoms with E-state index < -0.39 is 0 Å². The second kappa shape index (κ2) is 11.0. The number of carbonyl (C=O) groups excluding carboxylic acids is 2. The average Bonchev–Trinajstić information content (AvgIpc) is 2.72. The molecule has 0 aliphatic carbocycles. The molecular weight excluding hydrogens is 356 g/mol. The highest BCUT2D eigenvalue weighted by Gasteiger charge is 2.11. The molecule has 0 saturated heterocycles. The fraction of sp³-hybridized carbons (Fsp3) is 0.364. The van der Waals surface area contributed by atoms with Gasteiger partial charge in [0.05, 0.1) is 14.2 Å². The molecule has 2 rings (SSSR count). The highest BCUT2D eigenvalue weighted by molar-refractivity contribution is 5.78. The van der Waals surface area contributed by atoms with Crippen LogP contribution in [0.3, 0.4) is 0 Å². The van der Waals surface area contributed by atoms with Crippen LogP contribution in [0.15, 0.2) is 48.5 Å². The van der Waals surface area contributed by atoms with E-state index in [4.69, 9.17) is 9.47 Å². The Morgan fingerprint density at radius 1 is 0.857 bits per heavy atom. The van der Waals surface area contributed by atoms with Crippen molar-refractivity contribution in [2.75, 3.05) is 27.3 Å². The summed E-state index contributed by atoms with van der Waals surface area (Å²) in [7, 11) is 3.25. The Morgan fingerprint density at radius 2 is 1.39 bits per heavy atom. The van der Waals surface area contributed by atoms with Crippen LogP contribution in [-0.2, 0) is 22.6 Å². The molecule has 28 heavy (non-hydrogen) atoms. The Hall–Kier alpha value is -3.02. The molecule has 0 bridgehead atoms. The number of rotatable bonds is 10. The molecule has 2 amide bonds. The molecule has 0 radical (unpaired) electrons. The van der Waals surface area contributed by atoms with Crippen molar-refractivity contribution >= 4 is 11.8 Å². The van der Waals surface area contributed by atoms with Crippen LogP contribution >= 0.6 is 0 Å². The second-order valence-electron chi connectivity index (χ2n) is 6.48. The number of hydrogen-bond donors (Lipinski definition) is 1. The van der Waals surface area contributed by atoms with Crippen LogP contribution < -0.4 is 14.8 Å². The molecular formula is C22H28N2O4. The molecule has 150 valence electrons. The van der Waals surface area contributed by atoms with E-state index in [9.17, 15) is 9.59 Å². The van der Waals surface area contributed by atoms with E-state index in [1.54, 1.807) is 19.1 Å². The average molecular weight is 384 g/mol. The Balaban J connectivity index is 1.76. The zero-order chi connectivity index (χ0) is 20.4. The molecule has 1 N–H and O–H groups in total. The first-order chi connectivity index (χ1) is 13.5. The molecule has 6 heteroatoms. The highest BCUT2D eigenvalue weighted by atomic mass is 16.5. The smallest absolute Gasteiger partial charge is 0.222 e. The van der Waals surface area contributed by atoms with Crippen LogP contribution in [0.5, 0.6) is 11.5 Å². The zero-order valence-corrected chi connectivity index (χ0v) is 16.7. The largest absolute Gasteiger partial charge is 0.497 e. The van der Waals surface area contributed by atoms with Crippen molar-refractivity contribution in [2.24, 2.45) is 0 Å². The predicted octanol–water partition coefficient (Wildman–Crippen LogP) is 2.80. The summed E-state index contributed by atoms with van der Waals surface area (Å²) >= 11 is 0. The number of hydrogen-bond acceptors (Lipinski definition) is 4. The number of nitrogens with one attached hydrogen (secondary N) is 1. The van der Waals surface area contributed by atoms with Crippen molar-refractivity contribution in [3.05, 3.63) is 59.7 Å². The quantitative estimate of drug-likeness (QED) is 0.684. The molecule has 0 heterocycles. The summed E-state index contributed by atoms with van der Waals surface area (Å²) in [5, 5.41) is 2.89. The number of nitrogens with zero attached hydrogens (tertiary/aromatic N) is 1. The topological polar surface area (TPSA) is 67.9 Å². The normalized spacial score (nSPS) is 10.2. The van der Waals surface area contributed by atoms with Gasteiger partial charge in [0.25, 0.3) is 0 Å². The summed E-state index contributed by atoms with van der Waals surface area (Å²) in [5.74, 6) is 1.48. The van der Waals surface area contributed by atoms with E-state index in [-0.39, 0.29) is 18.2 Å². The van der Waals surface area contributed by atoms with Gasteiger partial charge in [-0.3, -0.25) is 9.59 Å². The van der Waals surface area contributed by atoms with Crippen molar-refractivity contribution in [3.63, 3.8) is 0 Å².